The van der Waals surface area contributed by atoms with Gasteiger partial charge in [0.25, 0.3) is 0 Å². The SMILES string of the molecule is CC/C=C\C/C=C\C/C=C\C/C=C\C/C=C\CCCCCCCCCC(=O)NC(COP(=O)(O)OCCN)C(O)CCCCCCCCCCCCCCCCCCC. The topological polar surface area (TPSA) is 131 Å². The predicted octanol–water partition coefficient (Wildman–Crippen LogP) is 14.2. The number of aliphatic hydroxyl groups excluding tert-OH is 1. The Morgan fingerprint density at radius 3 is 1.44 bits per heavy atom. The van der Waals surface area contributed by atoms with Crippen LogP contribution in [0.15, 0.2) is 60.8 Å². The number of carbonyl (C=O) groups is 1. The first-order chi connectivity index (χ1) is 28.9. The number of phosphoric acid groups is 1. The first-order valence-corrected chi connectivity index (χ1v) is 25.9. The highest BCUT2D eigenvalue weighted by Gasteiger charge is 2.27. The highest BCUT2D eigenvalue weighted by atomic mass is 31.2. The summed E-state index contributed by atoms with van der Waals surface area (Å²) in [5.41, 5.74) is 5.39. The van der Waals surface area contributed by atoms with Crippen LogP contribution in [0, 0.1) is 0 Å². The molecule has 344 valence electrons. The van der Waals surface area contributed by atoms with Crippen LogP contribution in [-0.4, -0.2) is 47.8 Å². The van der Waals surface area contributed by atoms with Gasteiger partial charge in [0.2, 0.25) is 5.91 Å². The lowest BCUT2D eigenvalue weighted by atomic mass is 10.0. The first-order valence-electron chi connectivity index (χ1n) is 24.4. The molecule has 0 aliphatic rings. The van der Waals surface area contributed by atoms with E-state index in [2.05, 4.69) is 79.9 Å². The monoisotopic (exact) mass is 849 g/mol. The van der Waals surface area contributed by atoms with E-state index in [0.717, 1.165) is 83.5 Å². The molecule has 0 radical (unpaired) electrons. The number of nitrogens with one attached hydrogen (secondary N) is 1. The number of rotatable bonds is 45. The average Bonchev–Trinajstić information content (AvgIpc) is 3.22. The molecule has 5 N–H and O–H groups in total. The number of unbranched alkanes of at least 4 members (excludes halogenated alkanes) is 23. The minimum atomic E-state index is -4.33. The van der Waals surface area contributed by atoms with Gasteiger partial charge in [0.1, 0.15) is 0 Å². The molecule has 0 rings (SSSR count). The van der Waals surface area contributed by atoms with E-state index >= 15 is 0 Å². The van der Waals surface area contributed by atoms with Gasteiger partial charge in [-0.1, -0.05) is 216 Å². The second-order valence-electron chi connectivity index (χ2n) is 16.3. The Kier molecular flexibility index (Phi) is 44.3. The minimum absolute atomic E-state index is 0.0844. The van der Waals surface area contributed by atoms with E-state index in [-0.39, 0.29) is 25.7 Å². The predicted molar refractivity (Wildman–Crippen MR) is 254 cm³/mol. The molecule has 0 saturated heterocycles. The second-order valence-corrected chi connectivity index (χ2v) is 17.7. The summed E-state index contributed by atoms with van der Waals surface area (Å²) in [6.07, 6.45) is 58.0. The van der Waals surface area contributed by atoms with Crippen molar-refractivity contribution in [1.29, 1.82) is 0 Å². The van der Waals surface area contributed by atoms with Crippen molar-refractivity contribution in [2.75, 3.05) is 19.8 Å². The van der Waals surface area contributed by atoms with Crippen LogP contribution in [-0.2, 0) is 18.4 Å². The van der Waals surface area contributed by atoms with Gasteiger partial charge in [-0.05, 0) is 57.8 Å². The molecule has 1 amide bonds. The van der Waals surface area contributed by atoms with Crippen molar-refractivity contribution in [3.05, 3.63) is 60.8 Å². The van der Waals surface area contributed by atoms with Crippen molar-refractivity contribution in [2.24, 2.45) is 5.73 Å². The van der Waals surface area contributed by atoms with E-state index in [4.69, 9.17) is 14.8 Å². The number of carbonyl (C=O) groups excluding carboxylic acids is 1. The number of phosphoric ester groups is 1. The zero-order valence-corrected chi connectivity index (χ0v) is 39.1. The lowest BCUT2D eigenvalue weighted by Crippen LogP contribution is -2.46. The molecule has 0 aliphatic carbocycles. The van der Waals surface area contributed by atoms with Crippen LogP contribution < -0.4 is 11.1 Å². The summed E-state index contributed by atoms with van der Waals surface area (Å²) in [4.78, 5) is 22.8. The first kappa shape index (κ1) is 57.2. The van der Waals surface area contributed by atoms with Crippen molar-refractivity contribution >= 4 is 13.7 Å². The van der Waals surface area contributed by atoms with E-state index in [1.807, 2.05) is 0 Å². The molecule has 0 heterocycles. The quantitative estimate of drug-likeness (QED) is 0.0273. The number of hydrogen-bond donors (Lipinski definition) is 4. The van der Waals surface area contributed by atoms with E-state index < -0.39 is 20.0 Å². The summed E-state index contributed by atoms with van der Waals surface area (Å²) in [6, 6.07) is -0.784. The van der Waals surface area contributed by atoms with E-state index in [1.165, 1.54) is 109 Å². The van der Waals surface area contributed by atoms with Crippen molar-refractivity contribution in [1.82, 2.24) is 5.32 Å². The Labute approximate surface area is 364 Å². The van der Waals surface area contributed by atoms with Gasteiger partial charge in [0.15, 0.2) is 0 Å². The maximum atomic E-state index is 12.8. The molecule has 59 heavy (non-hydrogen) atoms. The Hall–Kier alpha value is -1.80. The normalized spacial score (nSPS) is 14.5. The van der Waals surface area contributed by atoms with Crippen molar-refractivity contribution in [3.63, 3.8) is 0 Å². The molecule has 9 heteroatoms. The summed E-state index contributed by atoms with van der Waals surface area (Å²) in [6.45, 7) is 4.10. The molecular weight excluding hydrogens is 756 g/mol. The van der Waals surface area contributed by atoms with Crippen LogP contribution in [0.1, 0.15) is 219 Å². The Morgan fingerprint density at radius 2 is 0.983 bits per heavy atom. The highest BCUT2D eigenvalue weighted by molar-refractivity contribution is 7.47. The summed E-state index contributed by atoms with van der Waals surface area (Å²) >= 11 is 0. The minimum Gasteiger partial charge on any atom is -0.391 e. The van der Waals surface area contributed by atoms with Crippen LogP contribution in [0.3, 0.4) is 0 Å². The van der Waals surface area contributed by atoms with Gasteiger partial charge >= 0.3 is 7.82 Å². The third kappa shape index (κ3) is 44.1. The van der Waals surface area contributed by atoms with Crippen molar-refractivity contribution < 1.29 is 28.4 Å². The Morgan fingerprint density at radius 1 is 0.576 bits per heavy atom. The number of nitrogens with two attached hydrogens (primary N) is 1. The lowest BCUT2D eigenvalue weighted by Gasteiger charge is -2.25. The molecule has 0 aromatic carbocycles. The van der Waals surface area contributed by atoms with Gasteiger partial charge in [-0.15, -0.1) is 0 Å². The number of aliphatic hydroxyl groups is 1. The van der Waals surface area contributed by atoms with E-state index in [0.29, 0.717) is 12.8 Å². The van der Waals surface area contributed by atoms with Crippen LogP contribution in [0.25, 0.3) is 0 Å². The molecule has 3 atom stereocenters. The molecule has 0 bridgehead atoms. The summed E-state index contributed by atoms with van der Waals surface area (Å²) < 4.78 is 22.3. The van der Waals surface area contributed by atoms with E-state index in [9.17, 15) is 19.4 Å². The van der Waals surface area contributed by atoms with Gasteiger partial charge in [-0.3, -0.25) is 13.8 Å². The summed E-state index contributed by atoms with van der Waals surface area (Å²) in [5, 5.41) is 13.8. The second kappa shape index (κ2) is 45.7. The van der Waals surface area contributed by atoms with Gasteiger partial charge in [-0.25, -0.2) is 4.57 Å². The maximum Gasteiger partial charge on any atom is 0.472 e. The fourth-order valence-electron chi connectivity index (χ4n) is 6.99. The molecule has 0 saturated carbocycles. The van der Waals surface area contributed by atoms with Crippen LogP contribution in [0.2, 0.25) is 0 Å². The lowest BCUT2D eigenvalue weighted by molar-refractivity contribution is -0.123. The smallest absolute Gasteiger partial charge is 0.391 e. The fraction of sp³-hybridized carbons (Fsp3) is 0.780. The molecule has 0 aromatic rings. The van der Waals surface area contributed by atoms with Crippen molar-refractivity contribution in [2.45, 2.75) is 231 Å². The summed E-state index contributed by atoms with van der Waals surface area (Å²) in [7, 11) is -4.33. The van der Waals surface area contributed by atoms with Gasteiger partial charge < -0.3 is 21.1 Å². The molecule has 0 fully saturated rings. The number of hydrogen-bond acceptors (Lipinski definition) is 6. The molecule has 0 aromatic heterocycles. The molecule has 3 unspecified atom stereocenters. The van der Waals surface area contributed by atoms with Gasteiger partial charge in [0.05, 0.1) is 25.4 Å². The third-order valence-electron chi connectivity index (χ3n) is 10.6. The molecule has 0 spiro atoms. The zero-order valence-electron chi connectivity index (χ0n) is 38.2. The number of amides is 1. The van der Waals surface area contributed by atoms with E-state index in [1.54, 1.807) is 0 Å². The van der Waals surface area contributed by atoms with Crippen LogP contribution in [0.5, 0.6) is 0 Å². The molecular formula is C50H93N2O6P. The Bertz CT molecular complexity index is 1110. The maximum absolute atomic E-state index is 12.8. The third-order valence-corrected chi connectivity index (χ3v) is 11.6. The van der Waals surface area contributed by atoms with Gasteiger partial charge in [-0.2, -0.15) is 0 Å². The molecule has 0 aliphatic heterocycles. The fourth-order valence-corrected chi connectivity index (χ4v) is 7.75. The van der Waals surface area contributed by atoms with Crippen molar-refractivity contribution in [3.8, 4) is 0 Å². The molecule has 8 nitrogen and oxygen atoms in total. The standard InChI is InChI=1S/C50H93N2O6P/c1-3-5-7-9-11-13-15-17-19-21-22-23-24-25-26-28-30-32-34-36-38-40-42-44-50(54)52-48(47-58-59(55,56)57-46-45-51)49(53)43-41-39-37-35-33-31-29-27-20-18-16-14-12-10-8-6-4-2/h5,7,11,13,17,19,22-23,25-26,48-49,53H,3-4,6,8-10,12,14-16,18,20-21,24,27-47,51H2,1-2H3,(H,52,54)(H,55,56)/b7-5-,13-11-,19-17-,23-22-,26-25-. The summed E-state index contributed by atoms with van der Waals surface area (Å²) in [5.74, 6) is -0.173. The zero-order chi connectivity index (χ0) is 43.2. The Balaban J connectivity index is 4.12. The largest absolute Gasteiger partial charge is 0.472 e. The number of allylic oxidation sites excluding steroid dienone is 10. The van der Waals surface area contributed by atoms with Gasteiger partial charge in [0, 0.05) is 13.0 Å². The van der Waals surface area contributed by atoms with Crippen LogP contribution in [0.4, 0.5) is 0 Å². The average molecular weight is 849 g/mol. The highest BCUT2D eigenvalue weighted by Crippen LogP contribution is 2.43. The van der Waals surface area contributed by atoms with Crippen LogP contribution >= 0.6 is 7.82 Å².